The summed E-state index contributed by atoms with van der Waals surface area (Å²) >= 11 is 2.69. The number of nitrogens with one attached hydrogen (secondary N) is 2. The van der Waals surface area contributed by atoms with E-state index in [4.69, 9.17) is 4.74 Å². The van der Waals surface area contributed by atoms with Crippen LogP contribution in [0.25, 0.3) is 0 Å². The minimum absolute atomic E-state index is 0.215. The molecule has 0 aliphatic carbocycles. The molecule has 22 heavy (non-hydrogen) atoms. The van der Waals surface area contributed by atoms with E-state index < -0.39 is 5.54 Å². The molecule has 9 heteroatoms. The summed E-state index contributed by atoms with van der Waals surface area (Å²) in [5.74, 6) is -0.588. The molecular formula is C13H16N4O3S2. The number of methoxy groups -OCH3 is 1. The normalized spacial score (nSPS) is 13.4. The Morgan fingerprint density at radius 2 is 1.77 bits per heavy atom. The predicted molar refractivity (Wildman–Crippen MR) is 84.3 cm³/mol. The molecule has 1 atom stereocenters. The molecule has 0 aliphatic rings. The van der Waals surface area contributed by atoms with Gasteiger partial charge in [-0.3, -0.25) is 9.59 Å². The Balaban J connectivity index is 1.98. The summed E-state index contributed by atoms with van der Waals surface area (Å²) in [4.78, 5) is 32.0. The third-order valence-corrected chi connectivity index (χ3v) is 4.02. The number of hydrogen-bond donors (Lipinski definition) is 2. The van der Waals surface area contributed by atoms with Crippen molar-refractivity contribution in [1.82, 2.24) is 20.6 Å². The van der Waals surface area contributed by atoms with E-state index in [1.165, 1.54) is 29.8 Å². The van der Waals surface area contributed by atoms with Crippen LogP contribution in [0.2, 0.25) is 0 Å². The van der Waals surface area contributed by atoms with Gasteiger partial charge in [0.05, 0.1) is 23.2 Å². The average molecular weight is 340 g/mol. The second kappa shape index (κ2) is 7.43. The lowest BCUT2D eigenvalue weighted by molar-refractivity contribution is 0.0752. The Hall–Kier alpha value is -1.84. The Labute approximate surface area is 135 Å². The first-order chi connectivity index (χ1) is 10.5. The van der Waals surface area contributed by atoms with Crippen LogP contribution in [0.5, 0.6) is 0 Å². The van der Waals surface area contributed by atoms with Gasteiger partial charge in [-0.1, -0.05) is 0 Å². The first-order valence-corrected chi connectivity index (χ1v) is 8.29. The zero-order valence-corrected chi connectivity index (χ0v) is 13.8. The predicted octanol–water partition coefficient (Wildman–Crippen LogP) is 1.16. The molecule has 2 aromatic rings. The highest BCUT2D eigenvalue weighted by Gasteiger charge is 2.28. The minimum Gasteiger partial charge on any atom is -0.382 e. The van der Waals surface area contributed by atoms with Gasteiger partial charge in [-0.05, 0) is 6.92 Å². The standard InChI is InChI=1S/C13H16N4O3S2/c1-13(6-20-2,17-12(19)10-4-22-8-16-10)5-14-11(18)9-3-21-7-15-9/h3-4,7-8H,5-6H2,1-2H3,(H,14,18)(H,17,19)/t13-/m1/s1. The molecule has 2 amide bonds. The summed E-state index contributed by atoms with van der Waals surface area (Å²) in [6.07, 6.45) is 0. The Kier molecular flexibility index (Phi) is 5.58. The van der Waals surface area contributed by atoms with Crippen molar-refractivity contribution in [2.24, 2.45) is 0 Å². The van der Waals surface area contributed by atoms with Crippen molar-refractivity contribution in [2.75, 3.05) is 20.3 Å². The fraction of sp³-hybridized carbons (Fsp3) is 0.385. The van der Waals surface area contributed by atoms with Gasteiger partial charge in [0.25, 0.3) is 11.8 Å². The number of nitrogens with zero attached hydrogens (tertiary/aromatic N) is 2. The third kappa shape index (κ3) is 4.33. The maximum atomic E-state index is 12.1. The molecule has 2 heterocycles. The molecular weight excluding hydrogens is 324 g/mol. The van der Waals surface area contributed by atoms with Crippen LogP contribution in [0, 0.1) is 0 Å². The summed E-state index contributed by atoms with van der Waals surface area (Å²) < 4.78 is 5.15. The van der Waals surface area contributed by atoms with E-state index in [0.717, 1.165) is 0 Å². The van der Waals surface area contributed by atoms with Crippen LogP contribution >= 0.6 is 22.7 Å². The van der Waals surface area contributed by atoms with Crippen molar-refractivity contribution in [3.63, 3.8) is 0 Å². The molecule has 2 N–H and O–H groups in total. The number of ether oxygens (including phenoxy) is 1. The fourth-order valence-corrected chi connectivity index (χ4v) is 2.87. The molecule has 0 spiro atoms. The zero-order chi connectivity index (χ0) is 16.0. The number of thiazole rings is 2. The first kappa shape index (κ1) is 16.5. The summed E-state index contributed by atoms with van der Waals surface area (Å²) in [5.41, 5.74) is 3.13. The van der Waals surface area contributed by atoms with Gasteiger partial charge in [0.1, 0.15) is 11.4 Å². The topological polar surface area (TPSA) is 93.2 Å². The highest BCUT2D eigenvalue weighted by molar-refractivity contribution is 7.08. The molecule has 0 bridgehead atoms. The zero-order valence-electron chi connectivity index (χ0n) is 12.2. The molecule has 0 radical (unpaired) electrons. The second-order valence-electron chi connectivity index (χ2n) is 4.88. The van der Waals surface area contributed by atoms with Crippen LogP contribution < -0.4 is 10.6 Å². The molecule has 0 aromatic carbocycles. The molecule has 0 saturated heterocycles. The van der Waals surface area contributed by atoms with Gasteiger partial charge in [-0.25, -0.2) is 9.97 Å². The molecule has 0 unspecified atom stereocenters. The number of aromatic nitrogens is 2. The number of carbonyl (C=O) groups excluding carboxylic acids is 2. The van der Waals surface area contributed by atoms with Crippen molar-refractivity contribution in [2.45, 2.75) is 12.5 Å². The molecule has 2 rings (SSSR count). The van der Waals surface area contributed by atoms with Crippen LogP contribution in [-0.4, -0.2) is 47.6 Å². The van der Waals surface area contributed by atoms with Crippen LogP contribution in [0.15, 0.2) is 21.8 Å². The second-order valence-corrected chi connectivity index (χ2v) is 6.32. The monoisotopic (exact) mass is 340 g/mol. The van der Waals surface area contributed by atoms with E-state index in [-0.39, 0.29) is 25.0 Å². The van der Waals surface area contributed by atoms with Gasteiger partial charge in [-0.2, -0.15) is 0 Å². The fourth-order valence-electron chi connectivity index (χ4n) is 1.80. The van der Waals surface area contributed by atoms with Crippen LogP contribution in [0.4, 0.5) is 0 Å². The number of hydrogen-bond acceptors (Lipinski definition) is 7. The SMILES string of the molecule is COC[C@@](C)(CNC(=O)c1cscn1)NC(=O)c1cscn1. The Morgan fingerprint density at radius 3 is 2.27 bits per heavy atom. The molecule has 2 aromatic heterocycles. The summed E-state index contributed by atoms with van der Waals surface area (Å²) in [5, 5.41) is 8.93. The molecule has 7 nitrogen and oxygen atoms in total. The number of carbonyl (C=O) groups is 2. The Morgan fingerprint density at radius 1 is 1.18 bits per heavy atom. The lowest BCUT2D eigenvalue weighted by Gasteiger charge is -2.30. The number of amides is 2. The average Bonchev–Trinajstić information content (AvgIpc) is 3.17. The Bertz CT molecular complexity index is 615. The van der Waals surface area contributed by atoms with Crippen molar-refractivity contribution in [1.29, 1.82) is 0 Å². The summed E-state index contributed by atoms with van der Waals surface area (Å²) in [6.45, 7) is 2.26. The molecule has 0 saturated carbocycles. The number of rotatable bonds is 7. The van der Waals surface area contributed by atoms with E-state index in [2.05, 4.69) is 20.6 Å². The van der Waals surface area contributed by atoms with Crippen molar-refractivity contribution in [3.05, 3.63) is 33.2 Å². The summed E-state index contributed by atoms with van der Waals surface area (Å²) in [6, 6.07) is 0. The smallest absolute Gasteiger partial charge is 0.271 e. The van der Waals surface area contributed by atoms with E-state index >= 15 is 0 Å². The van der Waals surface area contributed by atoms with Gasteiger partial charge in [0.2, 0.25) is 0 Å². The molecule has 118 valence electrons. The third-order valence-electron chi connectivity index (χ3n) is 2.85. The summed E-state index contributed by atoms with van der Waals surface area (Å²) in [7, 11) is 1.54. The highest BCUT2D eigenvalue weighted by Crippen LogP contribution is 2.08. The van der Waals surface area contributed by atoms with Crippen LogP contribution in [0.1, 0.15) is 27.9 Å². The van der Waals surface area contributed by atoms with Crippen molar-refractivity contribution < 1.29 is 14.3 Å². The van der Waals surface area contributed by atoms with E-state index in [9.17, 15) is 9.59 Å². The van der Waals surface area contributed by atoms with Crippen molar-refractivity contribution >= 4 is 34.5 Å². The molecule has 0 aliphatic heterocycles. The lowest BCUT2D eigenvalue weighted by atomic mass is 10.0. The van der Waals surface area contributed by atoms with E-state index in [1.807, 2.05) is 0 Å². The maximum absolute atomic E-state index is 12.1. The van der Waals surface area contributed by atoms with E-state index in [1.54, 1.807) is 28.7 Å². The van der Waals surface area contributed by atoms with Gasteiger partial charge in [-0.15, -0.1) is 22.7 Å². The van der Waals surface area contributed by atoms with Crippen LogP contribution in [0.3, 0.4) is 0 Å². The minimum atomic E-state index is -0.749. The lowest BCUT2D eigenvalue weighted by Crippen LogP contribution is -2.56. The van der Waals surface area contributed by atoms with Crippen molar-refractivity contribution in [3.8, 4) is 0 Å². The van der Waals surface area contributed by atoms with Gasteiger partial charge in [0, 0.05) is 24.4 Å². The largest absolute Gasteiger partial charge is 0.382 e. The maximum Gasteiger partial charge on any atom is 0.271 e. The van der Waals surface area contributed by atoms with Gasteiger partial charge >= 0.3 is 0 Å². The quantitative estimate of drug-likeness (QED) is 0.789. The first-order valence-electron chi connectivity index (χ1n) is 6.40. The van der Waals surface area contributed by atoms with E-state index in [0.29, 0.717) is 11.4 Å². The van der Waals surface area contributed by atoms with Crippen LogP contribution in [-0.2, 0) is 4.74 Å². The molecule has 0 fully saturated rings. The van der Waals surface area contributed by atoms with Gasteiger partial charge in [0.15, 0.2) is 0 Å². The highest BCUT2D eigenvalue weighted by atomic mass is 32.1. The van der Waals surface area contributed by atoms with Gasteiger partial charge < -0.3 is 15.4 Å².